The van der Waals surface area contributed by atoms with Crippen LogP contribution in [0.15, 0.2) is 6.20 Å². The van der Waals surface area contributed by atoms with Crippen molar-refractivity contribution in [1.82, 2.24) is 19.7 Å². The Kier molecular flexibility index (Phi) is 3.36. The summed E-state index contributed by atoms with van der Waals surface area (Å²) in [7, 11) is 1.92. The highest BCUT2D eigenvalue weighted by molar-refractivity contribution is 5.86. The van der Waals surface area contributed by atoms with Crippen LogP contribution in [0.2, 0.25) is 0 Å². The van der Waals surface area contributed by atoms with Crippen LogP contribution in [0.1, 0.15) is 44.9 Å². The van der Waals surface area contributed by atoms with Crippen molar-refractivity contribution in [3.8, 4) is 0 Å². The van der Waals surface area contributed by atoms with Crippen LogP contribution in [0.25, 0.3) is 11.0 Å². The van der Waals surface area contributed by atoms with Crippen LogP contribution in [0.5, 0.6) is 0 Å². The predicted molar refractivity (Wildman–Crippen MR) is 80.7 cm³/mol. The normalized spacial score (nSPS) is 17.1. The molecule has 5 nitrogen and oxygen atoms in total. The van der Waals surface area contributed by atoms with E-state index in [2.05, 4.69) is 27.3 Å². The molecule has 1 aliphatic carbocycles. The number of nitrogens with zero attached hydrogens (tertiary/aromatic N) is 4. The maximum Gasteiger partial charge on any atom is 0.163 e. The molecule has 1 aliphatic rings. The maximum atomic E-state index is 4.56. The third kappa shape index (κ3) is 2.25. The molecule has 0 radical (unpaired) electrons. The summed E-state index contributed by atoms with van der Waals surface area (Å²) >= 11 is 0. The van der Waals surface area contributed by atoms with Gasteiger partial charge in [-0.25, -0.2) is 9.97 Å². The van der Waals surface area contributed by atoms with Crippen molar-refractivity contribution in [1.29, 1.82) is 0 Å². The zero-order valence-corrected chi connectivity index (χ0v) is 12.6. The van der Waals surface area contributed by atoms with Gasteiger partial charge in [0.15, 0.2) is 5.65 Å². The summed E-state index contributed by atoms with van der Waals surface area (Å²) in [6.07, 6.45) is 8.46. The van der Waals surface area contributed by atoms with E-state index in [1.54, 1.807) is 4.68 Å². The van der Waals surface area contributed by atoms with Crippen molar-refractivity contribution in [2.24, 2.45) is 12.5 Å². The van der Waals surface area contributed by atoms with Gasteiger partial charge in [0.1, 0.15) is 11.6 Å². The van der Waals surface area contributed by atoms with E-state index >= 15 is 0 Å². The van der Waals surface area contributed by atoms with Gasteiger partial charge < -0.3 is 5.32 Å². The number of hydrogen-bond donors (Lipinski definition) is 1. The van der Waals surface area contributed by atoms with Gasteiger partial charge in [-0.05, 0) is 31.6 Å². The summed E-state index contributed by atoms with van der Waals surface area (Å²) in [4.78, 5) is 9.02. The van der Waals surface area contributed by atoms with Gasteiger partial charge >= 0.3 is 0 Å². The van der Waals surface area contributed by atoms with Gasteiger partial charge in [0.25, 0.3) is 0 Å². The molecule has 3 rings (SSSR count). The van der Waals surface area contributed by atoms with Gasteiger partial charge in [-0.15, -0.1) is 0 Å². The Bertz CT molecular complexity index is 612. The molecule has 0 bridgehead atoms. The first-order chi connectivity index (χ1) is 9.63. The fraction of sp³-hybridized carbons (Fsp3) is 0.667. The van der Waals surface area contributed by atoms with Crippen LogP contribution in [0.3, 0.4) is 0 Å². The first kappa shape index (κ1) is 13.3. The zero-order valence-electron chi connectivity index (χ0n) is 12.6. The standard InChI is InChI=1S/C15H23N5/c1-4-6-15(7-5-8-15)10-16-13-12-9-17-20(3)14(12)19-11(2)18-13/h9H,4-8,10H2,1-3H3,(H,16,18,19). The van der Waals surface area contributed by atoms with Gasteiger partial charge in [-0.2, -0.15) is 5.10 Å². The molecular weight excluding hydrogens is 250 g/mol. The van der Waals surface area contributed by atoms with Crippen molar-refractivity contribution < 1.29 is 0 Å². The number of nitrogens with one attached hydrogen (secondary N) is 1. The minimum absolute atomic E-state index is 0.488. The largest absolute Gasteiger partial charge is 0.369 e. The topological polar surface area (TPSA) is 55.6 Å². The fourth-order valence-corrected chi connectivity index (χ4v) is 3.26. The van der Waals surface area contributed by atoms with Gasteiger partial charge in [-0.3, -0.25) is 4.68 Å². The van der Waals surface area contributed by atoms with Crippen molar-refractivity contribution >= 4 is 16.9 Å². The molecule has 2 aromatic rings. The molecule has 108 valence electrons. The minimum atomic E-state index is 0.488. The van der Waals surface area contributed by atoms with E-state index in [0.29, 0.717) is 5.41 Å². The maximum absolute atomic E-state index is 4.56. The predicted octanol–water partition coefficient (Wildman–Crippen LogP) is 3.05. The summed E-state index contributed by atoms with van der Waals surface area (Å²) in [6.45, 7) is 5.22. The molecule has 0 aliphatic heterocycles. The van der Waals surface area contributed by atoms with E-state index in [0.717, 1.165) is 29.2 Å². The molecule has 0 saturated heterocycles. The molecule has 1 fully saturated rings. The Morgan fingerprint density at radius 1 is 1.35 bits per heavy atom. The second kappa shape index (κ2) is 5.04. The third-order valence-electron chi connectivity index (χ3n) is 4.53. The molecule has 1 saturated carbocycles. The van der Waals surface area contributed by atoms with Crippen LogP contribution in [-0.4, -0.2) is 26.3 Å². The Labute approximate surface area is 119 Å². The van der Waals surface area contributed by atoms with Crippen molar-refractivity contribution in [2.75, 3.05) is 11.9 Å². The van der Waals surface area contributed by atoms with Crippen molar-refractivity contribution in [3.05, 3.63) is 12.0 Å². The van der Waals surface area contributed by atoms with Crippen LogP contribution in [0, 0.1) is 12.3 Å². The summed E-state index contributed by atoms with van der Waals surface area (Å²) in [5, 5.41) is 8.87. The van der Waals surface area contributed by atoms with Gasteiger partial charge in [0.05, 0.1) is 11.6 Å². The molecule has 0 aromatic carbocycles. The van der Waals surface area contributed by atoms with E-state index in [9.17, 15) is 0 Å². The monoisotopic (exact) mass is 273 g/mol. The molecule has 0 amide bonds. The molecular formula is C15H23N5. The molecule has 0 unspecified atom stereocenters. The van der Waals surface area contributed by atoms with Gasteiger partial charge in [0.2, 0.25) is 0 Å². The van der Waals surface area contributed by atoms with Crippen LogP contribution in [0.4, 0.5) is 5.82 Å². The highest BCUT2D eigenvalue weighted by atomic mass is 15.3. The fourth-order valence-electron chi connectivity index (χ4n) is 3.26. The Morgan fingerprint density at radius 2 is 2.15 bits per heavy atom. The Hall–Kier alpha value is -1.65. The van der Waals surface area contributed by atoms with Gasteiger partial charge in [0, 0.05) is 13.6 Å². The van der Waals surface area contributed by atoms with E-state index in [-0.39, 0.29) is 0 Å². The third-order valence-corrected chi connectivity index (χ3v) is 4.53. The van der Waals surface area contributed by atoms with E-state index in [1.807, 2.05) is 20.2 Å². The number of aryl methyl sites for hydroxylation is 2. The molecule has 2 aromatic heterocycles. The minimum Gasteiger partial charge on any atom is -0.369 e. The van der Waals surface area contributed by atoms with Crippen molar-refractivity contribution in [3.63, 3.8) is 0 Å². The molecule has 0 atom stereocenters. The number of aromatic nitrogens is 4. The highest BCUT2D eigenvalue weighted by Gasteiger charge is 2.35. The number of rotatable bonds is 5. The van der Waals surface area contributed by atoms with E-state index < -0.39 is 0 Å². The molecule has 1 N–H and O–H groups in total. The summed E-state index contributed by atoms with van der Waals surface area (Å²) in [6, 6.07) is 0. The van der Waals surface area contributed by atoms with Crippen LogP contribution in [-0.2, 0) is 7.05 Å². The number of hydrogen-bond acceptors (Lipinski definition) is 4. The first-order valence-corrected chi connectivity index (χ1v) is 7.54. The average molecular weight is 273 g/mol. The molecule has 0 spiro atoms. The molecule has 20 heavy (non-hydrogen) atoms. The smallest absolute Gasteiger partial charge is 0.163 e. The number of fused-ring (bicyclic) bond motifs is 1. The zero-order chi connectivity index (χ0) is 14.2. The lowest BCUT2D eigenvalue weighted by atomic mass is 9.66. The lowest BCUT2D eigenvalue weighted by Crippen LogP contribution is -2.36. The second-order valence-electron chi connectivity index (χ2n) is 6.08. The van der Waals surface area contributed by atoms with E-state index in [1.165, 1.54) is 32.1 Å². The quantitative estimate of drug-likeness (QED) is 0.909. The van der Waals surface area contributed by atoms with Crippen molar-refractivity contribution in [2.45, 2.75) is 46.0 Å². The SMILES string of the molecule is CCCC1(CNc2nc(C)nc3c2cnn3C)CCC1. The highest BCUT2D eigenvalue weighted by Crippen LogP contribution is 2.44. The van der Waals surface area contributed by atoms with Crippen LogP contribution >= 0.6 is 0 Å². The Morgan fingerprint density at radius 3 is 2.80 bits per heavy atom. The lowest BCUT2D eigenvalue weighted by Gasteiger charge is -2.42. The number of anilines is 1. The average Bonchev–Trinajstić information content (AvgIpc) is 2.74. The van der Waals surface area contributed by atoms with Crippen LogP contribution < -0.4 is 5.32 Å². The molecule has 2 heterocycles. The van der Waals surface area contributed by atoms with Gasteiger partial charge in [-0.1, -0.05) is 19.8 Å². The lowest BCUT2D eigenvalue weighted by molar-refractivity contribution is 0.135. The summed E-state index contributed by atoms with van der Waals surface area (Å²) < 4.78 is 1.81. The summed E-state index contributed by atoms with van der Waals surface area (Å²) in [5.41, 5.74) is 1.39. The first-order valence-electron chi connectivity index (χ1n) is 7.54. The van der Waals surface area contributed by atoms with E-state index in [4.69, 9.17) is 0 Å². The Balaban J connectivity index is 1.84. The summed E-state index contributed by atoms with van der Waals surface area (Å²) in [5.74, 6) is 1.73. The molecule has 5 heteroatoms. The second-order valence-corrected chi connectivity index (χ2v) is 6.08.